The second-order valence-corrected chi connectivity index (χ2v) is 17.6. The van der Waals surface area contributed by atoms with E-state index >= 15 is 0 Å². The lowest BCUT2D eigenvalue weighted by Crippen LogP contribution is -2.55. The molecule has 0 heterocycles. The van der Waals surface area contributed by atoms with Crippen LogP contribution < -0.4 is 4.90 Å². The molecule has 0 atom stereocenters. The van der Waals surface area contributed by atoms with Gasteiger partial charge in [-0.1, -0.05) is 122 Å². The minimum Gasteiger partial charge on any atom is -0.310 e. The number of nitrogens with zero attached hydrogens (tertiary/aromatic N) is 1. The molecule has 5 saturated carbocycles. The SMILES string of the molecule is c1ccc(-c2ccc(N(c3ccc4c(c3)-c3ccccc3C43CCCCC3)c3ccc4c(c3)-c3ccccc3C43C4CC5CC(C4)CC3C5)cc2)cc1. The standard InChI is InChI=1S/C52H47N/c1-3-11-36(12-4-1)37-17-19-40(20-18-37)53(41-21-23-48-45(32-41)43-13-5-7-15-47(43)51(48)25-9-2-10-26-51)42-22-24-50-46(33-42)44-14-6-8-16-49(44)52(50)38-28-34-27-35(30-38)31-39(52)29-34/h1,3-8,11-24,32-35,38-39H,2,9-10,25-31H2. The van der Waals surface area contributed by atoms with E-state index in [0.29, 0.717) is 0 Å². The Bertz CT molecular complexity index is 2370. The highest BCUT2D eigenvalue weighted by atomic mass is 15.1. The molecule has 53 heavy (non-hydrogen) atoms. The van der Waals surface area contributed by atoms with Crippen LogP contribution in [0.2, 0.25) is 0 Å². The maximum absolute atomic E-state index is 2.58. The van der Waals surface area contributed by atoms with Gasteiger partial charge in [-0.05, 0) is 161 Å². The highest BCUT2D eigenvalue weighted by Crippen LogP contribution is 2.69. The smallest absolute Gasteiger partial charge is 0.0468 e. The second kappa shape index (κ2) is 11.3. The van der Waals surface area contributed by atoms with Gasteiger partial charge in [-0.2, -0.15) is 0 Å². The number of hydrogen-bond acceptors (Lipinski definition) is 1. The van der Waals surface area contributed by atoms with E-state index in [1.807, 2.05) is 0 Å². The maximum atomic E-state index is 2.58. The van der Waals surface area contributed by atoms with Crippen molar-refractivity contribution in [2.75, 3.05) is 4.90 Å². The van der Waals surface area contributed by atoms with E-state index in [1.165, 1.54) is 115 Å². The molecular formula is C52H47N. The lowest BCUT2D eigenvalue weighted by molar-refractivity contribution is -0.0399. The average molecular weight is 686 g/mol. The lowest BCUT2D eigenvalue weighted by Gasteiger charge is -2.61. The molecule has 13 rings (SSSR count). The van der Waals surface area contributed by atoms with Crippen molar-refractivity contribution < 1.29 is 0 Å². The highest BCUT2D eigenvalue weighted by molar-refractivity contribution is 5.90. The van der Waals surface area contributed by atoms with Gasteiger partial charge in [0.25, 0.3) is 0 Å². The molecule has 1 nitrogen and oxygen atoms in total. The van der Waals surface area contributed by atoms with E-state index in [-0.39, 0.29) is 10.8 Å². The van der Waals surface area contributed by atoms with Crippen molar-refractivity contribution >= 4 is 17.1 Å². The van der Waals surface area contributed by atoms with Crippen LogP contribution in [-0.2, 0) is 10.8 Å². The lowest BCUT2D eigenvalue weighted by atomic mass is 9.43. The Hall–Kier alpha value is -4.88. The van der Waals surface area contributed by atoms with Gasteiger partial charge in [0, 0.05) is 27.9 Å². The number of anilines is 3. The van der Waals surface area contributed by atoms with Crippen molar-refractivity contribution in [1.29, 1.82) is 0 Å². The fourth-order valence-electron chi connectivity index (χ4n) is 13.5. The van der Waals surface area contributed by atoms with E-state index in [0.717, 1.165) is 23.7 Å². The van der Waals surface area contributed by atoms with E-state index in [4.69, 9.17) is 0 Å². The van der Waals surface area contributed by atoms with Gasteiger partial charge in [0.05, 0.1) is 0 Å². The summed E-state index contributed by atoms with van der Waals surface area (Å²) in [5, 5.41) is 0. The Balaban J connectivity index is 1.04. The summed E-state index contributed by atoms with van der Waals surface area (Å²) in [6.45, 7) is 0. The highest BCUT2D eigenvalue weighted by Gasteiger charge is 2.61. The molecule has 0 amide bonds. The molecule has 2 spiro atoms. The summed E-state index contributed by atoms with van der Waals surface area (Å²) in [6, 6.07) is 54.1. The Morgan fingerprint density at radius 2 is 0.887 bits per heavy atom. The van der Waals surface area contributed by atoms with Crippen LogP contribution in [-0.4, -0.2) is 0 Å². The Labute approximate surface area is 314 Å². The van der Waals surface area contributed by atoms with Crippen molar-refractivity contribution in [2.24, 2.45) is 23.7 Å². The van der Waals surface area contributed by atoms with Crippen molar-refractivity contribution in [1.82, 2.24) is 0 Å². The third kappa shape index (κ3) is 4.20. The molecule has 6 aromatic rings. The van der Waals surface area contributed by atoms with Gasteiger partial charge in [-0.15, -0.1) is 0 Å². The van der Waals surface area contributed by atoms with Gasteiger partial charge in [-0.3, -0.25) is 0 Å². The van der Waals surface area contributed by atoms with Crippen LogP contribution >= 0.6 is 0 Å². The zero-order valence-electron chi connectivity index (χ0n) is 30.6. The average Bonchev–Trinajstić information content (AvgIpc) is 3.64. The normalized spacial score (nSPS) is 26.3. The first-order valence-electron chi connectivity index (χ1n) is 20.7. The van der Waals surface area contributed by atoms with Crippen molar-refractivity contribution in [2.45, 2.75) is 75.0 Å². The summed E-state index contributed by atoms with van der Waals surface area (Å²) >= 11 is 0. The van der Waals surface area contributed by atoms with Crippen LogP contribution in [0.1, 0.15) is 86.5 Å². The predicted octanol–water partition coefficient (Wildman–Crippen LogP) is 13.8. The third-order valence-electron chi connectivity index (χ3n) is 15.2. The molecule has 6 aromatic carbocycles. The third-order valence-corrected chi connectivity index (χ3v) is 15.2. The molecule has 0 radical (unpaired) electrons. The quantitative estimate of drug-likeness (QED) is 0.179. The summed E-state index contributed by atoms with van der Waals surface area (Å²) in [5.41, 5.74) is 18.8. The van der Waals surface area contributed by atoms with Gasteiger partial charge in [-0.25, -0.2) is 0 Å². The molecule has 0 unspecified atom stereocenters. The van der Waals surface area contributed by atoms with Crippen LogP contribution in [0.15, 0.2) is 140 Å². The van der Waals surface area contributed by atoms with Crippen LogP contribution in [0.5, 0.6) is 0 Å². The van der Waals surface area contributed by atoms with Crippen LogP contribution in [0.3, 0.4) is 0 Å². The van der Waals surface area contributed by atoms with E-state index < -0.39 is 0 Å². The van der Waals surface area contributed by atoms with Crippen LogP contribution in [0.25, 0.3) is 33.4 Å². The molecule has 5 fully saturated rings. The summed E-state index contributed by atoms with van der Waals surface area (Å²) in [4.78, 5) is 2.55. The van der Waals surface area contributed by atoms with E-state index in [9.17, 15) is 0 Å². The molecule has 7 aliphatic carbocycles. The first-order valence-corrected chi connectivity index (χ1v) is 20.7. The fraction of sp³-hybridized carbons (Fsp3) is 0.308. The predicted molar refractivity (Wildman–Crippen MR) is 219 cm³/mol. The topological polar surface area (TPSA) is 3.24 Å². The zero-order chi connectivity index (χ0) is 34.7. The Kier molecular flexibility index (Phi) is 6.53. The van der Waals surface area contributed by atoms with Crippen LogP contribution in [0.4, 0.5) is 17.1 Å². The molecule has 4 bridgehead atoms. The fourth-order valence-corrected chi connectivity index (χ4v) is 13.5. The molecule has 7 aliphatic rings. The summed E-state index contributed by atoms with van der Waals surface area (Å²) in [7, 11) is 0. The van der Waals surface area contributed by atoms with Crippen molar-refractivity contribution in [3.63, 3.8) is 0 Å². The van der Waals surface area contributed by atoms with Crippen LogP contribution in [0, 0.1) is 23.7 Å². The van der Waals surface area contributed by atoms with E-state index in [1.54, 1.807) is 22.3 Å². The first-order chi connectivity index (χ1) is 26.2. The Morgan fingerprint density at radius 3 is 1.57 bits per heavy atom. The summed E-state index contributed by atoms with van der Waals surface area (Å²) in [5.74, 6) is 3.45. The number of rotatable bonds is 4. The second-order valence-electron chi connectivity index (χ2n) is 17.6. The first kappa shape index (κ1) is 30.6. The number of fused-ring (bicyclic) bond motifs is 8. The molecular weight excluding hydrogens is 639 g/mol. The maximum Gasteiger partial charge on any atom is 0.0468 e. The molecule has 1 heteroatoms. The molecule has 0 N–H and O–H groups in total. The van der Waals surface area contributed by atoms with Gasteiger partial charge >= 0.3 is 0 Å². The van der Waals surface area contributed by atoms with Gasteiger partial charge < -0.3 is 4.90 Å². The molecule has 0 aliphatic heterocycles. The molecule has 260 valence electrons. The zero-order valence-corrected chi connectivity index (χ0v) is 30.6. The minimum absolute atomic E-state index is 0.162. The monoisotopic (exact) mass is 685 g/mol. The van der Waals surface area contributed by atoms with Gasteiger partial charge in [0.15, 0.2) is 0 Å². The largest absolute Gasteiger partial charge is 0.310 e. The van der Waals surface area contributed by atoms with Gasteiger partial charge in [0.2, 0.25) is 0 Å². The van der Waals surface area contributed by atoms with Gasteiger partial charge in [0.1, 0.15) is 0 Å². The molecule has 0 saturated heterocycles. The van der Waals surface area contributed by atoms with Crippen molar-refractivity contribution in [3.8, 4) is 33.4 Å². The minimum atomic E-state index is 0.162. The summed E-state index contributed by atoms with van der Waals surface area (Å²) in [6.07, 6.45) is 13.7. The molecule has 0 aromatic heterocycles. The number of hydrogen-bond donors (Lipinski definition) is 0. The van der Waals surface area contributed by atoms with E-state index in [2.05, 4.69) is 144 Å². The number of benzene rings is 6. The summed E-state index contributed by atoms with van der Waals surface area (Å²) < 4.78 is 0. The van der Waals surface area contributed by atoms with Crippen molar-refractivity contribution in [3.05, 3.63) is 162 Å². The Morgan fingerprint density at radius 1 is 0.396 bits per heavy atom.